The molecule has 0 spiro atoms. The lowest BCUT2D eigenvalue weighted by molar-refractivity contribution is -0.119. The molecule has 3 aromatic rings. The van der Waals surface area contributed by atoms with Gasteiger partial charge in [0.2, 0.25) is 15.9 Å². The molecule has 4 rings (SSSR count). The molecular weight excluding hydrogens is 454 g/mol. The van der Waals surface area contributed by atoms with Crippen LogP contribution < -0.4 is 5.32 Å². The lowest BCUT2D eigenvalue weighted by Crippen LogP contribution is -2.46. The number of benzene rings is 2. The van der Waals surface area contributed by atoms with E-state index in [1.807, 2.05) is 0 Å². The summed E-state index contributed by atoms with van der Waals surface area (Å²) in [5, 5.41) is 12.3. The molecule has 1 amide bonds. The van der Waals surface area contributed by atoms with Gasteiger partial charge < -0.3 is 10.4 Å². The van der Waals surface area contributed by atoms with Gasteiger partial charge in [-0.25, -0.2) is 13.2 Å². The van der Waals surface area contributed by atoms with Gasteiger partial charge in [0.1, 0.15) is 6.04 Å². The third kappa shape index (κ3) is 4.36. The van der Waals surface area contributed by atoms with E-state index in [-0.39, 0.29) is 23.4 Å². The summed E-state index contributed by atoms with van der Waals surface area (Å²) in [4.78, 5) is 28.4. The fourth-order valence-electron chi connectivity index (χ4n) is 3.50. The number of hydrogen-bond donors (Lipinski definition) is 2. The number of carbonyl (C=O) groups excluding carboxylic acids is 1. The number of carbonyl (C=O) groups is 2. The van der Waals surface area contributed by atoms with Gasteiger partial charge in [-0.15, -0.1) is 0 Å². The molecule has 0 radical (unpaired) electrons. The van der Waals surface area contributed by atoms with Crippen LogP contribution in [0.25, 0.3) is 0 Å². The van der Waals surface area contributed by atoms with Crippen LogP contribution in [-0.2, 0) is 27.8 Å². The average Bonchev–Trinajstić information content (AvgIpc) is 2.91. The maximum absolute atomic E-state index is 13.6. The molecular formula is C22H18ClN3O5S. The highest BCUT2D eigenvalue weighted by molar-refractivity contribution is 7.89. The fraction of sp³-hybridized carbons (Fsp3) is 0.136. The Hall–Kier alpha value is -3.27. The van der Waals surface area contributed by atoms with Crippen LogP contribution in [0.3, 0.4) is 0 Å². The summed E-state index contributed by atoms with van der Waals surface area (Å²) in [5.74, 6) is -1.68. The van der Waals surface area contributed by atoms with E-state index in [9.17, 15) is 18.0 Å². The number of carboxylic acid groups (broad SMARTS) is 1. The maximum atomic E-state index is 13.6. The first-order chi connectivity index (χ1) is 15.3. The van der Waals surface area contributed by atoms with Crippen LogP contribution in [0.5, 0.6) is 0 Å². The summed E-state index contributed by atoms with van der Waals surface area (Å²) in [7, 11) is -4.16. The van der Waals surface area contributed by atoms with Crippen molar-refractivity contribution in [1.82, 2.24) is 9.29 Å². The minimum absolute atomic E-state index is 0.0393. The minimum Gasteiger partial charge on any atom is -0.478 e. The number of rotatable bonds is 5. The fourth-order valence-corrected chi connectivity index (χ4v) is 5.23. The Morgan fingerprint density at radius 2 is 1.91 bits per heavy atom. The van der Waals surface area contributed by atoms with E-state index in [0.717, 1.165) is 4.31 Å². The summed E-state index contributed by atoms with van der Waals surface area (Å²) in [6, 6.07) is 13.9. The number of aromatic nitrogens is 1. The summed E-state index contributed by atoms with van der Waals surface area (Å²) in [6.45, 7) is -0.0776. The van der Waals surface area contributed by atoms with Gasteiger partial charge in [0, 0.05) is 35.6 Å². The number of sulfonamides is 1. The van der Waals surface area contributed by atoms with Crippen molar-refractivity contribution in [2.24, 2.45) is 0 Å². The van der Waals surface area contributed by atoms with Crippen molar-refractivity contribution < 1.29 is 23.1 Å². The first-order valence-electron chi connectivity index (χ1n) is 9.60. The Morgan fingerprint density at radius 3 is 2.56 bits per heavy atom. The van der Waals surface area contributed by atoms with Crippen molar-refractivity contribution >= 4 is 39.2 Å². The van der Waals surface area contributed by atoms with Crippen LogP contribution in [0.15, 0.2) is 71.8 Å². The van der Waals surface area contributed by atoms with E-state index in [4.69, 9.17) is 16.7 Å². The molecule has 2 N–H and O–H groups in total. The highest BCUT2D eigenvalue weighted by Crippen LogP contribution is 2.31. The molecule has 0 fully saturated rings. The molecule has 1 atom stereocenters. The molecule has 0 bridgehead atoms. The van der Waals surface area contributed by atoms with Crippen LogP contribution in [0.1, 0.15) is 21.6 Å². The van der Waals surface area contributed by atoms with Crippen LogP contribution in [0.4, 0.5) is 5.69 Å². The van der Waals surface area contributed by atoms with Crippen molar-refractivity contribution in [2.45, 2.75) is 23.9 Å². The second-order valence-electron chi connectivity index (χ2n) is 7.21. The minimum atomic E-state index is -4.16. The zero-order valence-corrected chi connectivity index (χ0v) is 18.2. The Labute approximate surface area is 189 Å². The smallest absolute Gasteiger partial charge is 0.335 e. The highest BCUT2D eigenvalue weighted by Gasteiger charge is 2.39. The Morgan fingerprint density at radius 1 is 1.16 bits per heavy atom. The van der Waals surface area contributed by atoms with Gasteiger partial charge in [0.05, 0.1) is 10.5 Å². The van der Waals surface area contributed by atoms with Gasteiger partial charge >= 0.3 is 5.97 Å². The number of amides is 1. The first kappa shape index (κ1) is 21.9. The van der Waals surface area contributed by atoms with E-state index in [1.165, 1.54) is 24.3 Å². The molecule has 164 valence electrons. The molecule has 1 aromatic heterocycles. The monoisotopic (exact) mass is 471 g/mol. The number of fused-ring (bicyclic) bond motifs is 1. The predicted octanol–water partition coefficient (Wildman–Crippen LogP) is 3.19. The summed E-state index contributed by atoms with van der Waals surface area (Å²) >= 11 is 6.07. The topological polar surface area (TPSA) is 117 Å². The van der Waals surface area contributed by atoms with Crippen molar-refractivity contribution in [3.63, 3.8) is 0 Å². The number of hydrogen-bond acceptors (Lipinski definition) is 5. The molecule has 1 aliphatic heterocycles. The number of nitrogens with one attached hydrogen (secondary N) is 1. The van der Waals surface area contributed by atoms with E-state index in [1.54, 1.807) is 42.6 Å². The van der Waals surface area contributed by atoms with Gasteiger partial charge in [0.15, 0.2) is 0 Å². The Balaban J connectivity index is 1.80. The standard InChI is InChI=1S/C22H18ClN3O5S/c23-16-7-4-15-13-26(32(30,31)18-8-5-14(6-9-18)22(28)29)20(21(27)25-19(15)11-16)12-17-3-1-2-10-24-17/h1-11,20H,12-13H2,(H,25,27)(H,28,29). The van der Waals surface area contributed by atoms with Gasteiger partial charge in [-0.3, -0.25) is 9.78 Å². The number of aromatic carboxylic acids is 1. The molecule has 0 saturated heterocycles. The molecule has 32 heavy (non-hydrogen) atoms. The number of halogens is 1. The van der Waals surface area contributed by atoms with Gasteiger partial charge in [-0.2, -0.15) is 4.31 Å². The number of pyridine rings is 1. The van der Waals surface area contributed by atoms with Gasteiger partial charge in [-0.05, 0) is 54.1 Å². The van der Waals surface area contributed by atoms with Crippen LogP contribution in [0.2, 0.25) is 5.02 Å². The van der Waals surface area contributed by atoms with E-state index < -0.39 is 27.9 Å². The van der Waals surface area contributed by atoms with Crippen molar-refractivity contribution in [1.29, 1.82) is 0 Å². The number of anilines is 1. The normalized spacial score (nSPS) is 16.7. The summed E-state index contributed by atoms with van der Waals surface area (Å²) in [6.07, 6.45) is 1.63. The zero-order valence-electron chi connectivity index (χ0n) is 16.6. The lowest BCUT2D eigenvalue weighted by Gasteiger charge is -2.27. The molecule has 10 heteroatoms. The molecule has 1 aliphatic rings. The summed E-state index contributed by atoms with van der Waals surface area (Å²) in [5.41, 5.74) is 1.53. The summed E-state index contributed by atoms with van der Waals surface area (Å²) < 4.78 is 28.3. The molecule has 2 aromatic carbocycles. The average molecular weight is 472 g/mol. The van der Waals surface area contributed by atoms with Crippen LogP contribution >= 0.6 is 11.6 Å². The second-order valence-corrected chi connectivity index (χ2v) is 9.54. The van der Waals surface area contributed by atoms with Crippen molar-refractivity contribution in [3.8, 4) is 0 Å². The predicted molar refractivity (Wildman–Crippen MR) is 118 cm³/mol. The van der Waals surface area contributed by atoms with E-state index >= 15 is 0 Å². The van der Waals surface area contributed by atoms with Crippen LogP contribution in [0, 0.1) is 0 Å². The molecule has 2 heterocycles. The Kier molecular flexibility index (Phi) is 5.96. The van der Waals surface area contributed by atoms with E-state index in [0.29, 0.717) is 22.0 Å². The highest BCUT2D eigenvalue weighted by atomic mass is 35.5. The largest absolute Gasteiger partial charge is 0.478 e. The molecule has 0 aliphatic carbocycles. The zero-order chi connectivity index (χ0) is 22.9. The quantitative estimate of drug-likeness (QED) is 0.590. The first-order valence-corrected chi connectivity index (χ1v) is 11.4. The van der Waals surface area contributed by atoms with Crippen LogP contribution in [-0.4, -0.2) is 40.7 Å². The lowest BCUT2D eigenvalue weighted by atomic mass is 10.1. The number of nitrogens with zero attached hydrogens (tertiary/aromatic N) is 2. The number of carboxylic acids is 1. The molecule has 1 unspecified atom stereocenters. The van der Waals surface area contributed by atoms with Gasteiger partial charge in [0.25, 0.3) is 0 Å². The van der Waals surface area contributed by atoms with Crippen molar-refractivity contribution in [2.75, 3.05) is 5.32 Å². The molecule has 0 saturated carbocycles. The Bertz CT molecular complexity index is 1280. The molecule has 8 nitrogen and oxygen atoms in total. The maximum Gasteiger partial charge on any atom is 0.335 e. The van der Waals surface area contributed by atoms with Gasteiger partial charge in [-0.1, -0.05) is 23.7 Å². The SMILES string of the molecule is O=C(O)c1ccc(S(=O)(=O)N2Cc3ccc(Cl)cc3NC(=O)C2Cc2ccccn2)cc1. The third-order valence-corrected chi connectivity index (χ3v) is 7.25. The van der Waals surface area contributed by atoms with Crippen molar-refractivity contribution in [3.05, 3.63) is 88.7 Å². The van der Waals surface area contributed by atoms with E-state index in [2.05, 4.69) is 10.3 Å². The third-order valence-electron chi connectivity index (χ3n) is 5.14. The second kappa shape index (κ2) is 8.70.